The van der Waals surface area contributed by atoms with Crippen molar-refractivity contribution >= 4 is 43.7 Å². The van der Waals surface area contributed by atoms with Crippen molar-refractivity contribution in [2.45, 2.75) is 103 Å². The highest BCUT2D eigenvalue weighted by atomic mass is 32.2. The summed E-state index contributed by atoms with van der Waals surface area (Å²) in [7, 11) is -1.95. The van der Waals surface area contributed by atoms with Crippen molar-refractivity contribution in [2.24, 2.45) is 4.99 Å². The molecule has 216 valence electrons. The molecule has 3 rings (SSSR count). The molecule has 2 aliphatic heterocycles. The van der Waals surface area contributed by atoms with Crippen LogP contribution in [-0.2, 0) is 24.3 Å². The summed E-state index contributed by atoms with van der Waals surface area (Å²) >= 11 is 1.27. The highest BCUT2D eigenvalue weighted by Gasteiger charge is 2.52. The summed E-state index contributed by atoms with van der Waals surface area (Å²) in [5.41, 5.74) is -1.77. The van der Waals surface area contributed by atoms with E-state index in [4.69, 9.17) is 23.8 Å². The molecule has 2 heterocycles. The molecule has 1 aromatic carbocycles. The van der Waals surface area contributed by atoms with Crippen LogP contribution >= 0.6 is 11.8 Å². The second-order valence-corrected chi connectivity index (χ2v) is 20.0. The summed E-state index contributed by atoms with van der Waals surface area (Å²) in [6, 6.07) is 5.79. The Morgan fingerprint density at radius 1 is 1.13 bits per heavy atom. The number of thioether (sulfide) groups is 1. The van der Waals surface area contributed by atoms with Gasteiger partial charge in [0.05, 0.1) is 11.2 Å². The zero-order valence-electron chi connectivity index (χ0n) is 25.3. The van der Waals surface area contributed by atoms with Crippen LogP contribution in [0.4, 0.5) is 9.18 Å². The molecule has 0 aliphatic carbocycles. The number of benzene rings is 1. The largest absolute Gasteiger partial charge is 0.494 e. The fourth-order valence-electron chi connectivity index (χ4n) is 3.86. The lowest BCUT2D eigenvalue weighted by molar-refractivity contribution is 0.00578. The number of hydrogen-bond acceptors (Lipinski definition) is 7. The second-order valence-electron chi connectivity index (χ2n) is 13.5. The van der Waals surface area contributed by atoms with E-state index in [9.17, 15) is 4.79 Å². The van der Waals surface area contributed by atoms with Crippen LogP contribution in [0.5, 0.6) is 0 Å². The van der Waals surface area contributed by atoms with Gasteiger partial charge in [0.15, 0.2) is 5.17 Å². The van der Waals surface area contributed by atoms with Gasteiger partial charge in [0, 0.05) is 20.2 Å². The van der Waals surface area contributed by atoms with E-state index < -0.39 is 49.4 Å². The lowest BCUT2D eigenvalue weighted by atomic mass is 9.76. The van der Waals surface area contributed by atoms with Crippen molar-refractivity contribution in [3.63, 3.8) is 0 Å². The average molecular weight is 579 g/mol. The van der Waals surface area contributed by atoms with E-state index in [1.165, 1.54) is 22.7 Å². The minimum absolute atomic E-state index is 0.00835. The number of hydrogen-bond donors (Lipinski definition) is 0. The number of aliphatic imine (C=N–C) groups is 1. The number of carbonyl (C=O) groups excluding carboxylic acids is 1. The number of halogens is 1. The van der Waals surface area contributed by atoms with E-state index >= 15 is 4.39 Å². The van der Waals surface area contributed by atoms with Gasteiger partial charge in [0.25, 0.3) is 0 Å². The van der Waals surface area contributed by atoms with E-state index in [1.807, 2.05) is 66.9 Å². The number of amidine groups is 1. The maximum absolute atomic E-state index is 15.3. The highest BCUT2D eigenvalue weighted by molar-refractivity contribution is 8.16. The van der Waals surface area contributed by atoms with E-state index in [0.717, 1.165) is 6.04 Å². The maximum atomic E-state index is 15.3. The Bertz CT molecular complexity index is 1120. The molecule has 39 heavy (non-hydrogen) atoms. The Kier molecular flexibility index (Phi) is 9.24. The van der Waals surface area contributed by atoms with Crippen LogP contribution in [0.1, 0.15) is 61.0 Å². The number of rotatable bonds is 7. The third-order valence-corrected chi connectivity index (χ3v) is 9.52. The quantitative estimate of drug-likeness (QED) is 0.209. The molecule has 0 spiro atoms. The molecule has 2 aliphatic rings. The van der Waals surface area contributed by atoms with Gasteiger partial charge in [-0.1, -0.05) is 43.5 Å². The number of carbonyl (C=O) groups is 1. The van der Waals surface area contributed by atoms with Crippen molar-refractivity contribution in [3.8, 4) is 0 Å². The van der Waals surface area contributed by atoms with Gasteiger partial charge in [-0.2, -0.15) is 0 Å². The first-order valence-electron chi connectivity index (χ1n) is 13.4. The average Bonchev–Trinajstić information content (AvgIpc) is 2.98. The van der Waals surface area contributed by atoms with Gasteiger partial charge in [-0.3, -0.25) is 0 Å². The standard InChI is InChI=1S/C28H44BFN2O5SSi/c1-25(2,3)35-24(33)32(19-34-15-17-39(9,10)11)23-31-28(8,14-16-38-23)21-18-20(12-13-22(21)30)29-36-26(4,5)27(6,7)37-29/h12-14,16,18H,15,17,19H2,1-11H3/t28-/m0/s1. The van der Waals surface area contributed by atoms with Crippen LogP contribution in [0.3, 0.4) is 0 Å². The van der Waals surface area contributed by atoms with Gasteiger partial charge in [-0.25, -0.2) is 19.1 Å². The zero-order valence-corrected chi connectivity index (χ0v) is 27.1. The molecule has 1 atom stereocenters. The van der Waals surface area contributed by atoms with Gasteiger partial charge in [0.2, 0.25) is 0 Å². The topological polar surface area (TPSA) is 69.6 Å². The first kappa shape index (κ1) is 31.9. The van der Waals surface area contributed by atoms with E-state index in [-0.39, 0.29) is 6.73 Å². The van der Waals surface area contributed by atoms with Gasteiger partial charge < -0.3 is 18.8 Å². The smallest absolute Gasteiger partial charge is 0.443 e. The van der Waals surface area contributed by atoms with Gasteiger partial charge >= 0.3 is 13.2 Å². The summed E-state index contributed by atoms with van der Waals surface area (Å²) < 4.78 is 39.3. The fraction of sp³-hybridized carbons (Fsp3) is 0.643. The van der Waals surface area contributed by atoms with Crippen LogP contribution < -0.4 is 5.46 Å². The monoisotopic (exact) mass is 578 g/mol. The van der Waals surface area contributed by atoms with Crippen LogP contribution in [0.2, 0.25) is 25.7 Å². The summed E-state index contributed by atoms with van der Waals surface area (Å²) in [5.74, 6) is -0.410. The first-order chi connectivity index (χ1) is 17.7. The highest BCUT2D eigenvalue weighted by Crippen LogP contribution is 2.38. The summed E-state index contributed by atoms with van der Waals surface area (Å²) in [6.07, 6.45) is 1.26. The third-order valence-electron chi connectivity index (χ3n) is 7.02. The molecule has 1 saturated heterocycles. The van der Waals surface area contributed by atoms with Crippen molar-refractivity contribution in [3.05, 3.63) is 41.1 Å². The SMILES string of the molecule is CC(C)(C)OC(=O)N(COCC[Si](C)(C)C)C1=N[C@](C)(c2cc(B3OC(C)(C)C(C)(C)O3)ccc2F)C=CS1. The second kappa shape index (κ2) is 11.3. The predicted octanol–water partition coefficient (Wildman–Crippen LogP) is 6.51. The Morgan fingerprint density at radius 3 is 2.31 bits per heavy atom. The minimum Gasteiger partial charge on any atom is -0.443 e. The van der Waals surface area contributed by atoms with E-state index in [1.54, 1.807) is 12.1 Å². The molecule has 0 unspecified atom stereocenters. The molecule has 0 N–H and O–H groups in total. The molecule has 1 aromatic rings. The van der Waals surface area contributed by atoms with Crippen molar-refractivity contribution < 1.29 is 28.0 Å². The molecule has 0 bridgehead atoms. The summed E-state index contributed by atoms with van der Waals surface area (Å²) in [4.78, 5) is 19.5. The molecule has 7 nitrogen and oxygen atoms in total. The molecule has 0 radical (unpaired) electrons. The molecular formula is C28H44BFN2O5SSi. The van der Waals surface area contributed by atoms with Gasteiger partial charge in [-0.15, -0.1) is 0 Å². The fourth-order valence-corrected chi connectivity index (χ4v) is 5.57. The molecule has 1 fully saturated rings. The minimum atomic E-state index is -1.31. The summed E-state index contributed by atoms with van der Waals surface area (Å²) in [5, 5.41) is 2.20. The van der Waals surface area contributed by atoms with Crippen LogP contribution in [-0.4, -0.2) is 61.5 Å². The zero-order chi connectivity index (χ0) is 29.4. The Morgan fingerprint density at radius 2 is 1.74 bits per heavy atom. The molecule has 0 aromatic heterocycles. The first-order valence-corrected chi connectivity index (χ1v) is 18.0. The lowest BCUT2D eigenvalue weighted by Gasteiger charge is -2.32. The lowest BCUT2D eigenvalue weighted by Crippen LogP contribution is -2.43. The number of amides is 1. The van der Waals surface area contributed by atoms with E-state index in [0.29, 0.717) is 22.8 Å². The Labute approximate surface area is 239 Å². The van der Waals surface area contributed by atoms with Crippen LogP contribution in [0.25, 0.3) is 0 Å². The number of ether oxygens (including phenoxy) is 2. The summed E-state index contributed by atoms with van der Waals surface area (Å²) in [6.45, 7) is 22.5. The van der Waals surface area contributed by atoms with Crippen molar-refractivity contribution in [1.82, 2.24) is 4.90 Å². The molecular weight excluding hydrogens is 534 g/mol. The maximum Gasteiger partial charge on any atom is 0.494 e. The number of nitrogens with zero attached hydrogens (tertiary/aromatic N) is 2. The van der Waals surface area contributed by atoms with Crippen LogP contribution in [0.15, 0.2) is 34.7 Å². The third kappa shape index (κ3) is 7.97. The van der Waals surface area contributed by atoms with Gasteiger partial charge in [-0.05, 0) is 84.4 Å². The van der Waals surface area contributed by atoms with Gasteiger partial charge in [0.1, 0.15) is 23.7 Å². The van der Waals surface area contributed by atoms with Crippen molar-refractivity contribution in [2.75, 3.05) is 13.3 Å². The Balaban J connectivity index is 1.93. The molecule has 1 amide bonds. The van der Waals surface area contributed by atoms with Crippen LogP contribution in [0, 0.1) is 5.82 Å². The predicted molar refractivity (Wildman–Crippen MR) is 161 cm³/mol. The Hall–Kier alpha value is -1.66. The van der Waals surface area contributed by atoms with Crippen molar-refractivity contribution in [1.29, 1.82) is 0 Å². The normalized spacial score (nSPS) is 22.6. The molecule has 0 saturated carbocycles. The molecule has 11 heteroatoms. The van der Waals surface area contributed by atoms with E-state index in [2.05, 4.69) is 19.6 Å².